The molecule has 1 aliphatic rings. The highest BCUT2D eigenvalue weighted by Crippen LogP contribution is 2.36. The summed E-state index contributed by atoms with van der Waals surface area (Å²) in [6.07, 6.45) is 1.86. The summed E-state index contributed by atoms with van der Waals surface area (Å²) in [5.74, 6) is 0. The second-order valence-corrected chi connectivity index (χ2v) is 9.62. The minimum absolute atomic E-state index is 0.0689. The number of nitrogens with zero attached hydrogens (tertiary/aromatic N) is 2. The molecular formula is C26H14N2O10. The van der Waals surface area contributed by atoms with Gasteiger partial charge in [-0.2, -0.15) is 0 Å². The highest BCUT2D eigenvalue weighted by atomic mass is 16.4. The molecule has 0 N–H and O–H groups in total. The summed E-state index contributed by atoms with van der Waals surface area (Å²) in [5.41, 5.74) is -6.49. The van der Waals surface area contributed by atoms with Crippen molar-refractivity contribution in [2.24, 2.45) is 0 Å². The van der Waals surface area contributed by atoms with Crippen LogP contribution in [0.25, 0.3) is 43.1 Å². The number of aromatic nitrogens is 2. The van der Waals surface area contributed by atoms with E-state index < -0.39 is 56.8 Å². The first-order valence-electron chi connectivity index (χ1n) is 11.8. The maximum Gasteiger partial charge on any atom is 0.346 e. The predicted molar refractivity (Wildman–Crippen MR) is 135 cm³/mol. The zero-order valence-corrected chi connectivity index (χ0v) is 19.3. The molecule has 4 heterocycles. The van der Waals surface area contributed by atoms with Crippen molar-refractivity contribution < 1.29 is 8.83 Å². The minimum atomic E-state index is -0.915. The molecule has 0 radical (unpaired) electrons. The number of hydrogen-bond donors (Lipinski definition) is 0. The molecule has 12 heteroatoms. The molecular weight excluding hydrogens is 500 g/mol. The monoisotopic (exact) mass is 514 g/mol. The highest BCUT2D eigenvalue weighted by molar-refractivity contribution is 5.98. The lowest BCUT2D eigenvalue weighted by Crippen LogP contribution is -2.42. The first kappa shape index (κ1) is 22.2. The van der Waals surface area contributed by atoms with Gasteiger partial charge in [-0.25, -0.2) is 19.2 Å². The van der Waals surface area contributed by atoms with Crippen LogP contribution in [0.1, 0.15) is 37.8 Å². The lowest BCUT2D eigenvalue weighted by atomic mass is 9.90. The Hall–Kier alpha value is -5.00. The van der Waals surface area contributed by atoms with E-state index in [2.05, 4.69) is 8.83 Å². The van der Waals surface area contributed by atoms with Gasteiger partial charge in [0.05, 0.1) is 55.2 Å². The van der Waals surface area contributed by atoms with Crippen LogP contribution in [0.2, 0.25) is 0 Å². The second kappa shape index (κ2) is 7.28. The Kier molecular flexibility index (Phi) is 4.26. The van der Waals surface area contributed by atoms with E-state index in [9.17, 15) is 38.4 Å². The Morgan fingerprint density at radius 3 is 0.974 bits per heavy atom. The van der Waals surface area contributed by atoms with Crippen LogP contribution in [0.4, 0.5) is 0 Å². The summed E-state index contributed by atoms with van der Waals surface area (Å²) >= 11 is 0. The van der Waals surface area contributed by atoms with Crippen LogP contribution < -0.4 is 44.7 Å². The summed E-state index contributed by atoms with van der Waals surface area (Å²) in [6, 6.07) is 2.92. The molecule has 38 heavy (non-hydrogen) atoms. The number of fused-ring (bicyclic) bond motifs is 4. The molecule has 188 valence electrons. The minimum Gasteiger partial charge on any atom is -0.386 e. The Balaban J connectivity index is 1.48. The van der Waals surface area contributed by atoms with Crippen LogP contribution in [0.5, 0.6) is 0 Å². The first-order valence-corrected chi connectivity index (χ1v) is 11.8. The zero-order valence-electron chi connectivity index (χ0n) is 19.3. The number of furan rings is 2. The van der Waals surface area contributed by atoms with Crippen molar-refractivity contribution in [2.45, 2.75) is 37.8 Å². The summed E-state index contributed by atoms with van der Waals surface area (Å²) in [4.78, 5) is 102. The number of rotatable bonds is 2. The van der Waals surface area contributed by atoms with E-state index in [1.165, 1.54) is 0 Å². The average molecular weight is 514 g/mol. The van der Waals surface area contributed by atoms with Crippen LogP contribution in [-0.2, 0) is 0 Å². The molecule has 0 bridgehead atoms. The summed E-state index contributed by atoms with van der Waals surface area (Å²) in [5, 5.41) is -0.726. The van der Waals surface area contributed by atoms with E-state index in [-0.39, 0.29) is 43.1 Å². The summed E-state index contributed by atoms with van der Waals surface area (Å²) in [6.45, 7) is 0. The fourth-order valence-corrected chi connectivity index (χ4v) is 5.97. The smallest absolute Gasteiger partial charge is 0.346 e. The van der Waals surface area contributed by atoms with Crippen LogP contribution >= 0.6 is 0 Å². The molecule has 0 aliphatic heterocycles. The van der Waals surface area contributed by atoms with Crippen LogP contribution in [-0.4, -0.2) is 9.13 Å². The molecule has 0 amide bonds. The van der Waals surface area contributed by atoms with Gasteiger partial charge in [-0.15, -0.1) is 0 Å². The topological polar surface area (TPSA) is 173 Å². The summed E-state index contributed by atoms with van der Waals surface area (Å²) in [7, 11) is 0. The Morgan fingerprint density at radius 2 is 0.711 bits per heavy atom. The normalized spacial score (nSPS) is 18.4. The Morgan fingerprint density at radius 1 is 0.447 bits per heavy atom. The summed E-state index contributed by atoms with van der Waals surface area (Å²) < 4.78 is 11.1. The molecule has 4 aromatic heterocycles. The fraction of sp³-hybridized carbons (Fsp3) is 0.231. The van der Waals surface area contributed by atoms with Gasteiger partial charge in [0.15, 0.2) is 0 Å². The average Bonchev–Trinajstić information content (AvgIpc) is 3.52. The standard InChI is InChI=1S/C26H14N2O10/c29-19-9-5-13-14(24(34)37-23(13)33)6-10(9)20(30)27(19)17-3-1-2-4-18(17)28-21(31)11-7-15-16(8-12(11)22(28)32)26(36)38-25(15)35/h5-8,17-18H,1-4H2/t17-,18?/m1/s1. The van der Waals surface area contributed by atoms with Gasteiger partial charge in [-0.05, 0) is 37.1 Å². The van der Waals surface area contributed by atoms with Crippen molar-refractivity contribution in [3.05, 3.63) is 107 Å². The molecule has 1 aliphatic carbocycles. The van der Waals surface area contributed by atoms with Gasteiger partial charge in [-0.3, -0.25) is 28.3 Å². The van der Waals surface area contributed by atoms with Crippen LogP contribution in [0.15, 0.2) is 71.5 Å². The lowest BCUT2D eigenvalue weighted by Gasteiger charge is -2.31. The van der Waals surface area contributed by atoms with Crippen molar-refractivity contribution >= 4 is 43.1 Å². The molecule has 12 nitrogen and oxygen atoms in total. The SMILES string of the molecule is O=c1oc(=O)c2cc3c(=O)n(C4CCCC[C@H]4n4c(=O)c5cc6c(=O)oc(=O)c6cc5c4=O)c(=O)c3cc12. The van der Waals surface area contributed by atoms with E-state index in [1.807, 2.05) is 0 Å². The van der Waals surface area contributed by atoms with Crippen LogP contribution in [0.3, 0.4) is 0 Å². The largest absolute Gasteiger partial charge is 0.386 e. The second-order valence-electron chi connectivity index (χ2n) is 9.62. The van der Waals surface area contributed by atoms with Gasteiger partial charge in [0.2, 0.25) is 0 Å². The third kappa shape index (κ3) is 2.68. The molecule has 1 saturated carbocycles. The zero-order chi connectivity index (χ0) is 26.6. The Bertz CT molecular complexity index is 2110. The van der Waals surface area contributed by atoms with Gasteiger partial charge in [0.25, 0.3) is 22.2 Å². The van der Waals surface area contributed by atoms with Crippen molar-refractivity contribution in [1.29, 1.82) is 0 Å². The van der Waals surface area contributed by atoms with E-state index in [0.717, 1.165) is 33.4 Å². The maximum absolute atomic E-state index is 13.4. The van der Waals surface area contributed by atoms with E-state index >= 15 is 0 Å². The van der Waals surface area contributed by atoms with Gasteiger partial charge >= 0.3 is 22.5 Å². The van der Waals surface area contributed by atoms with E-state index in [4.69, 9.17) is 0 Å². The quantitative estimate of drug-likeness (QED) is 0.308. The highest BCUT2D eigenvalue weighted by Gasteiger charge is 2.35. The molecule has 7 rings (SSSR count). The molecule has 0 spiro atoms. The third-order valence-corrected chi connectivity index (χ3v) is 7.72. The van der Waals surface area contributed by atoms with Gasteiger partial charge in [0.1, 0.15) is 0 Å². The fourth-order valence-electron chi connectivity index (χ4n) is 5.97. The molecule has 0 saturated heterocycles. The molecule has 2 atom stereocenters. The number of hydrogen-bond acceptors (Lipinski definition) is 10. The van der Waals surface area contributed by atoms with Crippen molar-refractivity contribution in [3.63, 3.8) is 0 Å². The van der Waals surface area contributed by atoms with E-state index in [0.29, 0.717) is 25.7 Å². The molecule has 1 unspecified atom stereocenters. The van der Waals surface area contributed by atoms with Crippen molar-refractivity contribution in [1.82, 2.24) is 9.13 Å². The molecule has 1 fully saturated rings. The van der Waals surface area contributed by atoms with Crippen molar-refractivity contribution in [3.8, 4) is 0 Å². The third-order valence-electron chi connectivity index (χ3n) is 7.72. The lowest BCUT2D eigenvalue weighted by molar-refractivity contribution is 0.229. The maximum atomic E-state index is 13.4. The van der Waals surface area contributed by atoms with E-state index in [1.54, 1.807) is 0 Å². The molecule has 2 aromatic carbocycles. The predicted octanol–water partition coefficient (Wildman–Crippen LogP) is 0.0776. The Labute approximate surface area is 206 Å². The van der Waals surface area contributed by atoms with Gasteiger partial charge in [0, 0.05) is 0 Å². The first-order chi connectivity index (χ1) is 18.2. The van der Waals surface area contributed by atoms with Crippen LogP contribution in [0, 0.1) is 0 Å². The molecule has 6 aromatic rings. The number of benzene rings is 2. The van der Waals surface area contributed by atoms with Gasteiger partial charge < -0.3 is 8.83 Å². The van der Waals surface area contributed by atoms with Crippen molar-refractivity contribution in [2.75, 3.05) is 0 Å². The van der Waals surface area contributed by atoms with Gasteiger partial charge in [-0.1, -0.05) is 12.8 Å².